The van der Waals surface area contributed by atoms with E-state index in [1.807, 2.05) is 24.3 Å². The van der Waals surface area contributed by atoms with Crippen molar-refractivity contribution in [2.75, 3.05) is 4.90 Å². The van der Waals surface area contributed by atoms with Gasteiger partial charge in [-0.2, -0.15) is 0 Å². The van der Waals surface area contributed by atoms with E-state index in [0.29, 0.717) is 5.56 Å². The lowest BCUT2D eigenvalue weighted by Gasteiger charge is -2.33. The lowest BCUT2D eigenvalue weighted by atomic mass is 9.70. The molecule has 9 aromatic carbocycles. The topological polar surface area (TPSA) is 3.24 Å². The summed E-state index contributed by atoms with van der Waals surface area (Å²) in [6.45, 7) is -0.494. The van der Waals surface area contributed by atoms with E-state index < -0.39 is 11.9 Å². The summed E-state index contributed by atoms with van der Waals surface area (Å²) in [5.41, 5.74) is 20.1. The van der Waals surface area contributed by atoms with Crippen LogP contribution in [-0.4, -0.2) is 0 Å². The number of benzene rings is 9. The van der Waals surface area contributed by atoms with E-state index in [0.717, 1.165) is 44.9 Å². The minimum atomic E-state index is -0.494. The van der Waals surface area contributed by atoms with Gasteiger partial charge in [-0.25, -0.2) is 0 Å². The van der Waals surface area contributed by atoms with Crippen LogP contribution < -0.4 is 4.90 Å². The van der Waals surface area contributed by atoms with Crippen LogP contribution in [0.15, 0.2) is 225 Å². The molecule has 9 aromatic rings. The van der Waals surface area contributed by atoms with E-state index in [9.17, 15) is 0 Å². The van der Waals surface area contributed by atoms with Crippen LogP contribution in [0.5, 0.6) is 0 Å². The van der Waals surface area contributed by atoms with Crippen molar-refractivity contribution < 1.29 is 4.11 Å². The molecule has 0 N–H and O–H groups in total. The minimum Gasteiger partial charge on any atom is -0.310 e. The SMILES string of the molecule is [2H]C([2H])=C([2H])c1ccc(-c2ccc(N(c3ccc4c(c3)C3(c5ccccc5-c5ccccc53)c3ccccc3-4)c3ccc(-c4ccccc4)cc3-c3ccccc3)cc2)cc1. The summed E-state index contributed by atoms with van der Waals surface area (Å²) < 4.78 is 23.4. The van der Waals surface area contributed by atoms with Gasteiger partial charge in [0.2, 0.25) is 0 Å². The first-order valence-electron chi connectivity index (χ1n) is 21.3. The van der Waals surface area contributed by atoms with Gasteiger partial charge in [-0.15, -0.1) is 0 Å². The highest BCUT2D eigenvalue weighted by Crippen LogP contribution is 2.63. The second-order valence-electron chi connectivity index (χ2n) is 15.2. The van der Waals surface area contributed by atoms with Gasteiger partial charge < -0.3 is 4.90 Å². The highest BCUT2D eigenvalue weighted by atomic mass is 15.1. The Labute approximate surface area is 344 Å². The van der Waals surface area contributed by atoms with Crippen LogP contribution in [-0.2, 0) is 5.41 Å². The fourth-order valence-corrected chi connectivity index (χ4v) is 9.59. The number of fused-ring (bicyclic) bond motifs is 10. The lowest BCUT2D eigenvalue weighted by molar-refractivity contribution is 0.793. The Morgan fingerprint density at radius 1 is 0.379 bits per heavy atom. The molecular formula is C57H39N. The van der Waals surface area contributed by atoms with Crippen molar-refractivity contribution in [3.8, 4) is 55.6 Å². The third kappa shape index (κ3) is 5.17. The van der Waals surface area contributed by atoms with Crippen molar-refractivity contribution in [1.29, 1.82) is 0 Å². The zero-order valence-corrected chi connectivity index (χ0v) is 31.7. The Morgan fingerprint density at radius 3 is 1.43 bits per heavy atom. The summed E-state index contributed by atoms with van der Waals surface area (Å²) in [5, 5.41) is 0. The van der Waals surface area contributed by atoms with Crippen molar-refractivity contribution in [3.63, 3.8) is 0 Å². The summed E-state index contributed by atoms with van der Waals surface area (Å²) in [4.78, 5) is 2.41. The van der Waals surface area contributed by atoms with Crippen LogP contribution in [0.25, 0.3) is 61.7 Å². The van der Waals surface area contributed by atoms with Crippen LogP contribution in [0.3, 0.4) is 0 Å². The number of anilines is 3. The molecule has 272 valence electrons. The van der Waals surface area contributed by atoms with E-state index in [4.69, 9.17) is 4.11 Å². The highest BCUT2D eigenvalue weighted by molar-refractivity contribution is 5.97. The normalized spacial score (nSPS) is 13.3. The second kappa shape index (κ2) is 13.6. The molecular weight excluding hydrogens is 699 g/mol. The van der Waals surface area contributed by atoms with Gasteiger partial charge in [0.1, 0.15) is 0 Å². The first-order chi connectivity index (χ1) is 30.0. The summed E-state index contributed by atoms with van der Waals surface area (Å²) >= 11 is 0. The van der Waals surface area contributed by atoms with Crippen molar-refractivity contribution >= 4 is 23.1 Å². The van der Waals surface area contributed by atoms with E-state index in [-0.39, 0.29) is 6.05 Å². The molecule has 0 atom stereocenters. The van der Waals surface area contributed by atoms with Gasteiger partial charge in [-0.3, -0.25) is 0 Å². The molecule has 1 heteroatoms. The first kappa shape index (κ1) is 30.7. The summed E-state index contributed by atoms with van der Waals surface area (Å²) in [7, 11) is 0. The van der Waals surface area contributed by atoms with E-state index in [1.54, 1.807) is 0 Å². The largest absolute Gasteiger partial charge is 0.310 e. The molecule has 0 amide bonds. The first-order valence-corrected chi connectivity index (χ1v) is 19.8. The van der Waals surface area contributed by atoms with Crippen LogP contribution in [0, 0.1) is 0 Å². The molecule has 11 rings (SSSR count). The smallest absolute Gasteiger partial charge is 0.0726 e. The van der Waals surface area contributed by atoms with Crippen LogP contribution in [0.1, 0.15) is 31.9 Å². The molecule has 0 radical (unpaired) electrons. The van der Waals surface area contributed by atoms with Gasteiger partial charge in [0.25, 0.3) is 0 Å². The third-order valence-corrected chi connectivity index (χ3v) is 12.2. The van der Waals surface area contributed by atoms with Crippen molar-refractivity contribution in [2.45, 2.75) is 5.41 Å². The van der Waals surface area contributed by atoms with Gasteiger partial charge >= 0.3 is 0 Å². The van der Waals surface area contributed by atoms with Gasteiger partial charge in [0.15, 0.2) is 0 Å². The molecule has 1 spiro atoms. The standard InChI is InChI=1S/C57H39N/c1-2-39-25-27-41(28-26-39)42-29-32-45(33-30-42)58(56-36-31-44(40-15-5-3-6-16-40)37-51(56)43-17-7-4-8-18-43)46-34-35-50-49-21-11-14-24-54(49)57(55(50)38-46)52-22-12-9-19-47(52)48-20-10-13-23-53(48)57/h2-38H,1H2/i1D2,2D. The van der Waals surface area contributed by atoms with Gasteiger partial charge in [-0.05, 0) is 114 Å². The van der Waals surface area contributed by atoms with Crippen LogP contribution in [0.4, 0.5) is 17.1 Å². The fraction of sp³-hybridized carbons (Fsp3) is 0.0175. The monoisotopic (exact) mass is 740 g/mol. The molecule has 2 aliphatic carbocycles. The maximum atomic E-state index is 8.13. The predicted molar refractivity (Wildman–Crippen MR) is 244 cm³/mol. The van der Waals surface area contributed by atoms with E-state index in [1.165, 1.54) is 50.1 Å². The van der Waals surface area contributed by atoms with Gasteiger partial charge in [-0.1, -0.05) is 195 Å². The van der Waals surface area contributed by atoms with Crippen LogP contribution in [0.2, 0.25) is 0 Å². The Balaban J connectivity index is 1.14. The maximum absolute atomic E-state index is 8.13. The number of hydrogen-bond acceptors (Lipinski definition) is 1. The van der Waals surface area contributed by atoms with E-state index in [2.05, 4.69) is 199 Å². The zero-order valence-electron chi connectivity index (χ0n) is 34.7. The van der Waals surface area contributed by atoms with Gasteiger partial charge in [0, 0.05) is 16.9 Å². The molecule has 0 heterocycles. The highest BCUT2D eigenvalue weighted by Gasteiger charge is 2.51. The molecule has 1 nitrogen and oxygen atoms in total. The van der Waals surface area contributed by atoms with Crippen molar-refractivity contribution in [2.24, 2.45) is 0 Å². The summed E-state index contributed by atoms with van der Waals surface area (Å²) in [6.07, 6.45) is 0. The lowest BCUT2D eigenvalue weighted by Crippen LogP contribution is -2.26. The average Bonchev–Trinajstić information content (AvgIpc) is 3.79. The zero-order chi connectivity index (χ0) is 41.1. The molecule has 0 aromatic heterocycles. The number of rotatable bonds is 7. The van der Waals surface area contributed by atoms with Gasteiger partial charge in [0.05, 0.1) is 15.2 Å². The second-order valence-corrected chi connectivity index (χ2v) is 15.2. The molecule has 0 saturated heterocycles. The summed E-state index contributed by atoms with van der Waals surface area (Å²) in [5.74, 6) is 0. The van der Waals surface area contributed by atoms with Crippen LogP contribution >= 0.6 is 0 Å². The van der Waals surface area contributed by atoms with Crippen molar-refractivity contribution in [3.05, 3.63) is 253 Å². The molecule has 0 aliphatic heterocycles. The van der Waals surface area contributed by atoms with Crippen molar-refractivity contribution in [1.82, 2.24) is 0 Å². The molecule has 0 saturated carbocycles. The quantitative estimate of drug-likeness (QED) is 0.157. The number of nitrogens with zero attached hydrogens (tertiary/aromatic N) is 1. The summed E-state index contributed by atoms with van der Waals surface area (Å²) in [6, 6.07) is 78.2. The minimum absolute atomic E-state index is 0.0890. The molecule has 2 aliphatic rings. The molecule has 0 fully saturated rings. The Kier molecular flexibility index (Phi) is 7.21. The fourth-order valence-electron chi connectivity index (χ4n) is 9.59. The Bertz CT molecular complexity index is 3080. The Morgan fingerprint density at radius 2 is 0.845 bits per heavy atom. The number of hydrogen-bond donors (Lipinski definition) is 0. The molecule has 58 heavy (non-hydrogen) atoms. The Hall–Kier alpha value is -7.48. The van der Waals surface area contributed by atoms with E-state index >= 15 is 0 Å². The predicted octanol–water partition coefficient (Wildman–Crippen LogP) is 15.1. The maximum Gasteiger partial charge on any atom is 0.0726 e. The third-order valence-electron chi connectivity index (χ3n) is 12.2. The molecule has 0 unspecified atom stereocenters. The molecule has 0 bridgehead atoms. The average molecular weight is 741 g/mol.